The first-order valence-corrected chi connectivity index (χ1v) is 5.38. The number of aliphatic hydroxyl groups excluding tert-OH is 1. The van der Waals surface area contributed by atoms with Gasteiger partial charge in [0.1, 0.15) is 23.5 Å². The molecule has 2 rings (SSSR count). The summed E-state index contributed by atoms with van der Waals surface area (Å²) in [4.78, 5) is 11.2. The third kappa shape index (κ3) is 1.65. The van der Waals surface area contributed by atoms with Crippen LogP contribution >= 0.6 is 0 Å². The van der Waals surface area contributed by atoms with Crippen molar-refractivity contribution in [2.45, 2.75) is 19.1 Å². The molecule has 1 aliphatic rings. The Kier molecular flexibility index (Phi) is 3.04. The zero-order valence-electron chi connectivity index (χ0n) is 10.3. The van der Waals surface area contributed by atoms with Crippen molar-refractivity contribution in [1.29, 1.82) is 0 Å². The molecule has 0 saturated carbocycles. The fraction of sp³-hybridized carbons (Fsp3) is 0.417. The van der Waals surface area contributed by atoms with E-state index < -0.39 is 18.2 Å². The minimum atomic E-state index is -1.18. The van der Waals surface area contributed by atoms with Gasteiger partial charge in [0.05, 0.1) is 14.2 Å². The first-order chi connectivity index (χ1) is 8.51. The molecule has 0 saturated heterocycles. The normalized spacial score (nSPS) is 21.1. The summed E-state index contributed by atoms with van der Waals surface area (Å²) in [6.07, 6.45) is -1.28. The van der Waals surface area contributed by atoms with E-state index in [1.54, 1.807) is 6.92 Å². The van der Waals surface area contributed by atoms with E-state index in [1.807, 2.05) is 0 Å². The minimum absolute atomic E-state index is 0.0697. The highest BCUT2D eigenvalue weighted by Crippen LogP contribution is 2.48. The molecule has 6 heteroatoms. The Labute approximate surface area is 104 Å². The SMILES string of the molecule is COc1cc2c(c(OC)c1C(=O)O)OC(C)C2O. The van der Waals surface area contributed by atoms with E-state index in [4.69, 9.17) is 14.2 Å². The second-order valence-electron chi connectivity index (χ2n) is 3.98. The molecule has 0 amide bonds. The Morgan fingerprint density at radius 1 is 1.39 bits per heavy atom. The highest BCUT2D eigenvalue weighted by atomic mass is 16.5. The Balaban J connectivity index is 2.72. The Hall–Kier alpha value is -1.95. The number of aliphatic hydroxyl groups is 1. The molecular formula is C12H14O6. The minimum Gasteiger partial charge on any atom is -0.496 e. The van der Waals surface area contributed by atoms with Crippen LogP contribution in [-0.2, 0) is 0 Å². The molecule has 0 spiro atoms. The molecule has 0 radical (unpaired) electrons. The molecule has 1 aromatic carbocycles. The van der Waals surface area contributed by atoms with Gasteiger partial charge in [-0.3, -0.25) is 0 Å². The van der Waals surface area contributed by atoms with Gasteiger partial charge in [-0.15, -0.1) is 0 Å². The number of aromatic carboxylic acids is 1. The van der Waals surface area contributed by atoms with Crippen molar-refractivity contribution < 1.29 is 29.2 Å². The number of rotatable bonds is 3. The molecule has 0 fully saturated rings. The standard InChI is InChI=1S/C12H14O6/c1-5-9(13)6-4-7(16-2)8(12(14)15)11(17-3)10(6)18-5/h4-5,9,13H,1-3H3,(H,14,15). The lowest BCUT2D eigenvalue weighted by atomic mass is 10.0. The van der Waals surface area contributed by atoms with E-state index in [9.17, 15) is 15.0 Å². The topological polar surface area (TPSA) is 85.2 Å². The van der Waals surface area contributed by atoms with E-state index in [2.05, 4.69) is 0 Å². The molecule has 98 valence electrons. The van der Waals surface area contributed by atoms with Crippen LogP contribution in [0.4, 0.5) is 0 Å². The van der Waals surface area contributed by atoms with Gasteiger partial charge in [0.25, 0.3) is 0 Å². The van der Waals surface area contributed by atoms with Gasteiger partial charge in [0, 0.05) is 5.56 Å². The van der Waals surface area contributed by atoms with Gasteiger partial charge in [0.2, 0.25) is 0 Å². The molecule has 1 heterocycles. The van der Waals surface area contributed by atoms with Crippen LogP contribution in [0.3, 0.4) is 0 Å². The maximum atomic E-state index is 11.2. The zero-order chi connectivity index (χ0) is 13.4. The molecule has 18 heavy (non-hydrogen) atoms. The third-order valence-electron chi connectivity index (χ3n) is 2.93. The first kappa shape index (κ1) is 12.5. The number of hydrogen-bond acceptors (Lipinski definition) is 5. The average molecular weight is 254 g/mol. The van der Waals surface area contributed by atoms with Crippen molar-refractivity contribution in [2.24, 2.45) is 0 Å². The predicted molar refractivity (Wildman–Crippen MR) is 61.6 cm³/mol. The van der Waals surface area contributed by atoms with E-state index in [1.165, 1.54) is 20.3 Å². The van der Waals surface area contributed by atoms with Crippen LogP contribution in [0.15, 0.2) is 6.07 Å². The predicted octanol–water partition coefficient (Wildman–Crippen LogP) is 1.22. The van der Waals surface area contributed by atoms with E-state index in [-0.39, 0.29) is 22.8 Å². The molecule has 0 aliphatic carbocycles. The Morgan fingerprint density at radius 2 is 2.06 bits per heavy atom. The zero-order valence-corrected chi connectivity index (χ0v) is 10.3. The fourth-order valence-corrected chi connectivity index (χ4v) is 2.04. The van der Waals surface area contributed by atoms with Crippen molar-refractivity contribution in [3.05, 3.63) is 17.2 Å². The lowest BCUT2D eigenvalue weighted by molar-refractivity contribution is 0.0687. The highest BCUT2D eigenvalue weighted by molar-refractivity contribution is 5.96. The van der Waals surface area contributed by atoms with Crippen LogP contribution in [0.2, 0.25) is 0 Å². The summed E-state index contributed by atoms with van der Waals surface area (Å²) in [7, 11) is 2.71. The molecule has 2 atom stereocenters. The van der Waals surface area contributed by atoms with Crippen LogP contribution in [0.5, 0.6) is 17.2 Å². The summed E-state index contributed by atoms with van der Waals surface area (Å²) in [6.45, 7) is 1.69. The van der Waals surface area contributed by atoms with Crippen LogP contribution in [0.25, 0.3) is 0 Å². The highest BCUT2D eigenvalue weighted by Gasteiger charge is 2.36. The number of methoxy groups -OCH3 is 2. The number of benzene rings is 1. The molecule has 2 N–H and O–H groups in total. The smallest absolute Gasteiger partial charge is 0.343 e. The summed E-state index contributed by atoms with van der Waals surface area (Å²) in [5.41, 5.74) is 0.362. The molecule has 0 bridgehead atoms. The molecule has 1 aliphatic heterocycles. The number of carboxylic acid groups (broad SMARTS) is 1. The van der Waals surface area contributed by atoms with Gasteiger partial charge in [-0.1, -0.05) is 0 Å². The summed E-state index contributed by atoms with van der Waals surface area (Å²) in [5.74, 6) is -0.713. The van der Waals surface area contributed by atoms with Gasteiger partial charge < -0.3 is 24.4 Å². The molecule has 6 nitrogen and oxygen atoms in total. The second kappa shape index (κ2) is 4.38. The van der Waals surface area contributed by atoms with Gasteiger partial charge in [0.15, 0.2) is 11.5 Å². The van der Waals surface area contributed by atoms with Gasteiger partial charge in [-0.05, 0) is 13.0 Å². The quantitative estimate of drug-likeness (QED) is 0.843. The molecular weight excluding hydrogens is 240 g/mol. The van der Waals surface area contributed by atoms with Crippen LogP contribution in [0, 0.1) is 0 Å². The van der Waals surface area contributed by atoms with Crippen LogP contribution < -0.4 is 14.2 Å². The summed E-state index contributed by atoms with van der Waals surface area (Å²) >= 11 is 0. The summed E-state index contributed by atoms with van der Waals surface area (Å²) < 4.78 is 15.6. The van der Waals surface area contributed by atoms with Crippen LogP contribution in [-0.4, -0.2) is 36.5 Å². The molecule has 1 aromatic rings. The molecule has 0 aromatic heterocycles. The maximum absolute atomic E-state index is 11.2. The van der Waals surface area contributed by atoms with E-state index in [0.29, 0.717) is 5.56 Å². The van der Waals surface area contributed by atoms with Crippen molar-refractivity contribution in [2.75, 3.05) is 14.2 Å². The number of ether oxygens (including phenoxy) is 3. The largest absolute Gasteiger partial charge is 0.496 e. The van der Waals surface area contributed by atoms with Gasteiger partial charge in [-0.2, -0.15) is 0 Å². The van der Waals surface area contributed by atoms with Crippen molar-refractivity contribution in [3.63, 3.8) is 0 Å². The van der Waals surface area contributed by atoms with Gasteiger partial charge in [-0.25, -0.2) is 4.79 Å². The van der Waals surface area contributed by atoms with Crippen molar-refractivity contribution in [1.82, 2.24) is 0 Å². The first-order valence-electron chi connectivity index (χ1n) is 5.38. The van der Waals surface area contributed by atoms with Crippen molar-refractivity contribution in [3.8, 4) is 17.2 Å². The van der Waals surface area contributed by atoms with Gasteiger partial charge >= 0.3 is 5.97 Å². The lowest BCUT2D eigenvalue weighted by Crippen LogP contribution is -2.12. The van der Waals surface area contributed by atoms with E-state index >= 15 is 0 Å². The Bertz CT molecular complexity index is 496. The maximum Gasteiger partial charge on any atom is 0.343 e. The monoisotopic (exact) mass is 254 g/mol. The second-order valence-corrected chi connectivity index (χ2v) is 3.98. The number of hydrogen-bond donors (Lipinski definition) is 2. The summed E-state index contributed by atoms with van der Waals surface area (Å²) in [5, 5.41) is 19.1. The number of carbonyl (C=O) groups is 1. The van der Waals surface area contributed by atoms with Crippen LogP contribution in [0.1, 0.15) is 28.9 Å². The van der Waals surface area contributed by atoms with E-state index in [0.717, 1.165) is 0 Å². The Morgan fingerprint density at radius 3 is 2.56 bits per heavy atom. The summed E-state index contributed by atoms with van der Waals surface area (Å²) in [6, 6.07) is 1.47. The third-order valence-corrected chi connectivity index (χ3v) is 2.93. The number of carboxylic acids is 1. The fourth-order valence-electron chi connectivity index (χ4n) is 2.04. The average Bonchev–Trinajstić information content (AvgIpc) is 2.63. The van der Waals surface area contributed by atoms with Crippen molar-refractivity contribution >= 4 is 5.97 Å². The number of fused-ring (bicyclic) bond motifs is 1. The molecule has 2 unspecified atom stereocenters. The lowest BCUT2D eigenvalue weighted by Gasteiger charge is -2.13.